The van der Waals surface area contributed by atoms with Gasteiger partial charge >= 0.3 is 0 Å². The Morgan fingerprint density at radius 2 is 2.22 bits per heavy atom. The van der Waals surface area contributed by atoms with E-state index in [2.05, 4.69) is 21.0 Å². The number of hydrogen-bond acceptors (Lipinski definition) is 3. The standard InChI is InChI=1S/C12H10BrClN2O2/c1-16-11(10(18-2)6-15-16)12(17)7-3-4-8(13)9(14)5-7/h3-6H,1-2H3. The molecule has 0 saturated carbocycles. The van der Waals surface area contributed by atoms with Gasteiger partial charge in [-0.3, -0.25) is 9.48 Å². The number of benzene rings is 1. The molecule has 0 bridgehead atoms. The highest BCUT2D eigenvalue weighted by Gasteiger charge is 2.19. The number of ether oxygens (including phenoxy) is 1. The lowest BCUT2D eigenvalue weighted by atomic mass is 10.1. The Kier molecular flexibility index (Phi) is 3.73. The molecule has 4 nitrogen and oxygen atoms in total. The molecular weight excluding hydrogens is 320 g/mol. The molecule has 1 heterocycles. The van der Waals surface area contributed by atoms with Gasteiger partial charge in [0.05, 0.1) is 18.3 Å². The van der Waals surface area contributed by atoms with Gasteiger partial charge in [0.1, 0.15) is 0 Å². The zero-order valence-electron chi connectivity index (χ0n) is 9.78. The Labute approximate surface area is 118 Å². The average molecular weight is 330 g/mol. The third kappa shape index (κ3) is 2.28. The molecule has 0 aliphatic heterocycles. The van der Waals surface area contributed by atoms with Gasteiger partial charge in [0.25, 0.3) is 0 Å². The second kappa shape index (κ2) is 5.12. The summed E-state index contributed by atoms with van der Waals surface area (Å²) >= 11 is 9.26. The quantitative estimate of drug-likeness (QED) is 0.813. The number of halogens is 2. The normalized spacial score (nSPS) is 10.4. The Morgan fingerprint density at radius 1 is 1.50 bits per heavy atom. The predicted octanol–water partition coefficient (Wildman–Crippen LogP) is 3.08. The summed E-state index contributed by atoms with van der Waals surface area (Å²) in [6.45, 7) is 0. The number of aryl methyl sites for hydroxylation is 1. The Hall–Kier alpha value is -1.33. The molecule has 0 spiro atoms. The van der Waals surface area contributed by atoms with Crippen LogP contribution in [-0.2, 0) is 7.05 Å². The first-order valence-corrected chi connectivity index (χ1v) is 6.27. The first-order valence-electron chi connectivity index (χ1n) is 5.10. The van der Waals surface area contributed by atoms with Gasteiger partial charge in [-0.2, -0.15) is 5.10 Å². The van der Waals surface area contributed by atoms with Gasteiger partial charge in [-0.15, -0.1) is 0 Å². The summed E-state index contributed by atoms with van der Waals surface area (Å²) < 4.78 is 7.35. The summed E-state index contributed by atoms with van der Waals surface area (Å²) in [6.07, 6.45) is 1.51. The molecule has 0 fully saturated rings. The van der Waals surface area contributed by atoms with Crippen LogP contribution in [0.15, 0.2) is 28.9 Å². The van der Waals surface area contributed by atoms with Crippen molar-refractivity contribution in [3.63, 3.8) is 0 Å². The van der Waals surface area contributed by atoms with Gasteiger partial charge in [-0.05, 0) is 34.1 Å². The second-order valence-corrected chi connectivity index (χ2v) is 4.90. The molecule has 6 heteroatoms. The summed E-state index contributed by atoms with van der Waals surface area (Å²) in [5.74, 6) is 0.266. The van der Waals surface area contributed by atoms with E-state index in [0.29, 0.717) is 22.0 Å². The third-order valence-electron chi connectivity index (χ3n) is 2.52. The van der Waals surface area contributed by atoms with Crippen LogP contribution in [0.5, 0.6) is 5.75 Å². The number of nitrogens with zero attached hydrogens (tertiary/aromatic N) is 2. The van der Waals surface area contributed by atoms with E-state index in [1.807, 2.05) is 0 Å². The topological polar surface area (TPSA) is 44.1 Å². The molecular formula is C12H10BrClN2O2. The van der Waals surface area contributed by atoms with Gasteiger partial charge < -0.3 is 4.74 Å². The van der Waals surface area contributed by atoms with Crippen LogP contribution in [0.25, 0.3) is 0 Å². The Bertz CT molecular complexity index is 610. The maximum absolute atomic E-state index is 12.4. The van der Waals surface area contributed by atoms with Crippen LogP contribution in [0, 0.1) is 0 Å². The van der Waals surface area contributed by atoms with Crippen molar-refractivity contribution in [3.05, 3.63) is 45.1 Å². The minimum Gasteiger partial charge on any atom is -0.493 e. The van der Waals surface area contributed by atoms with Crippen LogP contribution in [-0.4, -0.2) is 22.7 Å². The molecule has 18 heavy (non-hydrogen) atoms. The van der Waals surface area contributed by atoms with E-state index in [0.717, 1.165) is 4.47 Å². The highest BCUT2D eigenvalue weighted by atomic mass is 79.9. The van der Waals surface area contributed by atoms with Crippen LogP contribution < -0.4 is 4.74 Å². The molecule has 94 valence electrons. The van der Waals surface area contributed by atoms with Gasteiger partial charge in [-0.25, -0.2) is 0 Å². The summed E-state index contributed by atoms with van der Waals surface area (Å²) in [5, 5.41) is 4.49. The number of methoxy groups -OCH3 is 1. The van der Waals surface area contributed by atoms with Crippen molar-refractivity contribution < 1.29 is 9.53 Å². The fourth-order valence-corrected chi connectivity index (χ4v) is 2.03. The number of carbonyl (C=O) groups is 1. The van der Waals surface area contributed by atoms with Crippen molar-refractivity contribution >= 4 is 33.3 Å². The number of rotatable bonds is 3. The Morgan fingerprint density at radius 3 is 2.83 bits per heavy atom. The predicted molar refractivity (Wildman–Crippen MR) is 72.3 cm³/mol. The SMILES string of the molecule is COc1cnn(C)c1C(=O)c1ccc(Br)c(Cl)c1. The first kappa shape index (κ1) is 13.1. The monoisotopic (exact) mass is 328 g/mol. The van der Waals surface area contributed by atoms with E-state index in [1.54, 1.807) is 25.2 Å². The smallest absolute Gasteiger partial charge is 0.214 e. The minimum absolute atomic E-state index is 0.179. The minimum atomic E-state index is -0.179. The lowest BCUT2D eigenvalue weighted by molar-refractivity contribution is 0.102. The zero-order valence-corrected chi connectivity index (χ0v) is 12.1. The van der Waals surface area contributed by atoms with E-state index in [4.69, 9.17) is 16.3 Å². The number of aromatic nitrogens is 2. The molecule has 2 aromatic rings. The molecule has 0 radical (unpaired) electrons. The number of carbonyl (C=O) groups excluding carboxylic acids is 1. The van der Waals surface area contributed by atoms with Crippen molar-refractivity contribution in [2.45, 2.75) is 0 Å². The van der Waals surface area contributed by atoms with E-state index in [1.165, 1.54) is 18.0 Å². The third-order valence-corrected chi connectivity index (χ3v) is 3.75. The first-order chi connectivity index (χ1) is 8.54. The summed E-state index contributed by atoms with van der Waals surface area (Å²) in [6, 6.07) is 5.05. The highest BCUT2D eigenvalue weighted by molar-refractivity contribution is 9.10. The molecule has 0 unspecified atom stereocenters. The van der Waals surface area contributed by atoms with Gasteiger partial charge in [-0.1, -0.05) is 11.6 Å². The van der Waals surface area contributed by atoms with E-state index in [-0.39, 0.29) is 5.78 Å². The fourth-order valence-electron chi connectivity index (χ4n) is 1.60. The van der Waals surface area contributed by atoms with Gasteiger partial charge in [0, 0.05) is 17.1 Å². The van der Waals surface area contributed by atoms with Crippen LogP contribution in [0.4, 0.5) is 0 Å². The van der Waals surface area contributed by atoms with E-state index in [9.17, 15) is 4.79 Å². The maximum Gasteiger partial charge on any atom is 0.214 e. The molecule has 0 aliphatic rings. The average Bonchev–Trinajstić information content (AvgIpc) is 2.73. The molecule has 0 N–H and O–H groups in total. The summed E-state index contributed by atoms with van der Waals surface area (Å²) in [5.41, 5.74) is 0.890. The fraction of sp³-hybridized carbons (Fsp3) is 0.167. The van der Waals surface area contributed by atoms with Crippen LogP contribution in [0.2, 0.25) is 5.02 Å². The van der Waals surface area contributed by atoms with E-state index >= 15 is 0 Å². The van der Waals surface area contributed by atoms with Crippen molar-refractivity contribution in [1.29, 1.82) is 0 Å². The largest absolute Gasteiger partial charge is 0.493 e. The van der Waals surface area contributed by atoms with Gasteiger partial charge in [0.15, 0.2) is 11.4 Å². The van der Waals surface area contributed by atoms with Crippen LogP contribution in [0.3, 0.4) is 0 Å². The molecule has 1 aromatic heterocycles. The van der Waals surface area contributed by atoms with Crippen molar-refractivity contribution in [2.75, 3.05) is 7.11 Å². The van der Waals surface area contributed by atoms with E-state index < -0.39 is 0 Å². The summed E-state index contributed by atoms with van der Waals surface area (Å²) in [4.78, 5) is 12.4. The number of hydrogen-bond donors (Lipinski definition) is 0. The molecule has 2 rings (SSSR count). The lowest BCUT2D eigenvalue weighted by Gasteiger charge is -2.05. The Balaban J connectivity index is 2.47. The van der Waals surface area contributed by atoms with Crippen molar-refractivity contribution in [1.82, 2.24) is 9.78 Å². The molecule has 1 aromatic carbocycles. The number of ketones is 1. The van der Waals surface area contributed by atoms with Crippen LogP contribution in [0.1, 0.15) is 16.1 Å². The van der Waals surface area contributed by atoms with Crippen LogP contribution >= 0.6 is 27.5 Å². The van der Waals surface area contributed by atoms with Crippen molar-refractivity contribution in [3.8, 4) is 5.75 Å². The summed E-state index contributed by atoms with van der Waals surface area (Å²) in [7, 11) is 3.19. The highest BCUT2D eigenvalue weighted by Crippen LogP contribution is 2.26. The molecule has 0 saturated heterocycles. The second-order valence-electron chi connectivity index (χ2n) is 3.64. The lowest BCUT2D eigenvalue weighted by Crippen LogP contribution is -2.09. The van der Waals surface area contributed by atoms with Gasteiger partial charge in [0.2, 0.25) is 5.78 Å². The molecule has 0 atom stereocenters. The molecule has 0 aliphatic carbocycles. The van der Waals surface area contributed by atoms with Crippen molar-refractivity contribution in [2.24, 2.45) is 7.05 Å². The zero-order chi connectivity index (χ0) is 13.3. The molecule has 0 amide bonds. The maximum atomic E-state index is 12.4.